The summed E-state index contributed by atoms with van der Waals surface area (Å²) < 4.78 is 11.3. The number of phenols is 1. The number of aromatic hydroxyl groups is 1. The molecule has 160 valence electrons. The van der Waals surface area contributed by atoms with Gasteiger partial charge in [0, 0.05) is 13.1 Å². The molecule has 6 nitrogen and oxygen atoms in total. The van der Waals surface area contributed by atoms with Crippen LogP contribution in [0.5, 0.6) is 17.2 Å². The highest BCUT2D eigenvalue weighted by molar-refractivity contribution is 14.0. The van der Waals surface area contributed by atoms with E-state index in [1.807, 2.05) is 50.2 Å². The lowest BCUT2D eigenvalue weighted by Crippen LogP contribution is -2.38. The first kappa shape index (κ1) is 24.9. The molecule has 0 spiro atoms. The van der Waals surface area contributed by atoms with E-state index in [0.717, 1.165) is 43.4 Å². The Morgan fingerprint density at radius 1 is 1.07 bits per heavy atom. The predicted octanol–water partition coefficient (Wildman–Crippen LogP) is 3.97. The van der Waals surface area contributed by atoms with Crippen LogP contribution < -0.4 is 20.1 Å². The molecule has 0 saturated carbocycles. The first-order chi connectivity index (χ1) is 13.6. The first-order valence-corrected chi connectivity index (χ1v) is 9.72. The lowest BCUT2D eigenvalue weighted by Gasteiger charge is -2.16. The summed E-state index contributed by atoms with van der Waals surface area (Å²) in [6.45, 7) is 6.18. The number of hydrogen-bond donors (Lipinski definition) is 3. The topological polar surface area (TPSA) is 75.1 Å². The van der Waals surface area contributed by atoms with Crippen LogP contribution in [-0.2, 0) is 6.42 Å². The van der Waals surface area contributed by atoms with Crippen LogP contribution in [-0.4, -0.2) is 43.9 Å². The average Bonchev–Trinajstić information content (AvgIpc) is 2.71. The van der Waals surface area contributed by atoms with Crippen molar-refractivity contribution in [2.75, 3.05) is 26.7 Å². The van der Waals surface area contributed by atoms with Crippen LogP contribution in [0.25, 0.3) is 0 Å². The first-order valence-electron chi connectivity index (χ1n) is 9.72. The molecule has 1 unspecified atom stereocenters. The minimum Gasteiger partial charge on any atom is -0.508 e. The summed E-state index contributed by atoms with van der Waals surface area (Å²) in [6, 6.07) is 15.0. The number of hydrogen-bond acceptors (Lipinski definition) is 4. The van der Waals surface area contributed by atoms with Crippen LogP contribution in [0.3, 0.4) is 0 Å². The fourth-order valence-electron chi connectivity index (χ4n) is 2.69. The van der Waals surface area contributed by atoms with Crippen molar-refractivity contribution < 1.29 is 14.6 Å². The van der Waals surface area contributed by atoms with Gasteiger partial charge in [0.2, 0.25) is 0 Å². The molecule has 0 fully saturated rings. The van der Waals surface area contributed by atoms with Gasteiger partial charge in [0.15, 0.2) is 17.5 Å². The number of phenolic OH excluding ortho intramolecular Hbond substituents is 1. The number of benzene rings is 2. The molecule has 2 aromatic carbocycles. The molecule has 0 aromatic heterocycles. The second-order valence-electron chi connectivity index (χ2n) is 6.50. The number of aliphatic imine (C=N–C) groups is 1. The third-order valence-electron chi connectivity index (χ3n) is 4.12. The van der Waals surface area contributed by atoms with Crippen LogP contribution in [0.1, 0.15) is 25.8 Å². The normalized spacial score (nSPS) is 11.9. The van der Waals surface area contributed by atoms with E-state index in [2.05, 4.69) is 15.6 Å². The van der Waals surface area contributed by atoms with Gasteiger partial charge in [0.05, 0.1) is 13.7 Å². The third-order valence-corrected chi connectivity index (χ3v) is 4.12. The van der Waals surface area contributed by atoms with Gasteiger partial charge in [-0.05, 0) is 56.5 Å². The predicted molar refractivity (Wildman–Crippen MR) is 129 cm³/mol. The Bertz CT molecular complexity index is 738. The quantitative estimate of drug-likeness (QED) is 0.194. The second kappa shape index (κ2) is 13.9. The van der Waals surface area contributed by atoms with E-state index in [-0.39, 0.29) is 30.1 Å². The van der Waals surface area contributed by atoms with Gasteiger partial charge in [-0.25, -0.2) is 4.99 Å². The van der Waals surface area contributed by atoms with E-state index >= 15 is 0 Å². The van der Waals surface area contributed by atoms with Gasteiger partial charge in [-0.3, -0.25) is 0 Å². The highest BCUT2D eigenvalue weighted by Gasteiger charge is 2.08. The van der Waals surface area contributed by atoms with Gasteiger partial charge < -0.3 is 25.2 Å². The minimum atomic E-state index is -0.0799. The highest BCUT2D eigenvalue weighted by Crippen LogP contribution is 2.26. The van der Waals surface area contributed by atoms with E-state index < -0.39 is 0 Å². The number of nitrogens with one attached hydrogen (secondary N) is 2. The Morgan fingerprint density at radius 2 is 1.76 bits per heavy atom. The minimum absolute atomic E-state index is 0. The maximum absolute atomic E-state index is 9.33. The molecular weight excluding hydrogens is 481 g/mol. The van der Waals surface area contributed by atoms with E-state index in [9.17, 15) is 5.11 Å². The number of methoxy groups -OCH3 is 1. The molecule has 2 aromatic rings. The standard InChI is InChI=1S/C22H31N3O3.HI/c1-4-23-22(24-15-7-8-18-11-13-19(26)14-12-18)25-16-17(2)28-21-10-6-5-9-20(21)27-3;/h5-6,9-14,17,26H,4,7-8,15-16H2,1-3H3,(H2,23,24,25);1H. The zero-order chi connectivity index (χ0) is 20.2. The summed E-state index contributed by atoms with van der Waals surface area (Å²) in [4.78, 5) is 4.62. The molecule has 0 radical (unpaired) electrons. The van der Waals surface area contributed by atoms with E-state index in [4.69, 9.17) is 9.47 Å². The van der Waals surface area contributed by atoms with E-state index in [1.165, 1.54) is 5.56 Å². The number of guanidine groups is 1. The summed E-state index contributed by atoms with van der Waals surface area (Å²) in [6.07, 6.45) is 1.84. The zero-order valence-corrected chi connectivity index (χ0v) is 19.7. The number of halogens is 1. The Labute approximate surface area is 190 Å². The zero-order valence-electron chi connectivity index (χ0n) is 17.4. The smallest absolute Gasteiger partial charge is 0.191 e. The molecule has 0 aliphatic carbocycles. The fourth-order valence-corrected chi connectivity index (χ4v) is 2.69. The number of rotatable bonds is 10. The molecule has 2 rings (SSSR count). The Balaban J connectivity index is 0.00000420. The molecule has 0 amide bonds. The van der Waals surface area contributed by atoms with Crippen molar-refractivity contribution in [2.45, 2.75) is 32.8 Å². The lowest BCUT2D eigenvalue weighted by atomic mass is 10.1. The van der Waals surface area contributed by atoms with Crippen LogP contribution >= 0.6 is 24.0 Å². The van der Waals surface area contributed by atoms with Gasteiger partial charge in [-0.1, -0.05) is 24.3 Å². The van der Waals surface area contributed by atoms with Crippen molar-refractivity contribution in [1.29, 1.82) is 0 Å². The molecule has 3 N–H and O–H groups in total. The SMILES string of the molecule is CCNC(=NCC(C)Oc1ccccc1OC)NCCCc1ccc(O)cc1.I. The van der Waals surface area contributed by atoms with E-state index in [0.29, 0.717) is 12.3 Å². The number of nitrogens with zero attached hydrogens (tertiary/aromatic N) is 1. The van der Waals surface area contributed by atoms with Crippen LogP contribution in [0.2, 0.25) is 0 Å². The van der Waals surface area contributed by atoms with Crippen LogP contribution in [0, 0.1) is 0 Å². The molecule has 7 heteroatoms. The molecule has 0 saturated heterocycles. The van der Waals surface area contributed by atoms with Crippen molar-refractivity contribution in [3.05, 3.63) is 54.1 Å². The summed E-state index contributed by atoms with van der Waals surface area (Å²) in [7, 11) is 1.64. The lowest BCUT2D eigenvalue weighted by molar-refractivity contribution is 0.219. The van der Waals surface area contributed by atoms with Crippen molar-refractivity contribution in [3.8, 4) is 17.2 Å². The maximum Gasteiger partial charge on any atom is 0.191 e. The summed E-state index contributed by atoms with van der Waals surface area (Å²) in [5.41, 5.74) is 1.21. The molecule has 0 bridgehead atoms. The third kappa shape index (κ3) is 9.25. The highest BCUT2D eigenvalue weighted by atomic mass is 127. The Morgan fingerprint density at radius 3 is 2.41 bits per heavy atom. The monoisotopic (exact) mass is 513 g/mol. The Kier molecular flexibility index (Phi) is 11.9. The van der Waals surface area contributed by atoms with Gasteiger partial charge in [0.25, 0.3) is 0 Å². The van der Waals surface area contributed by atoms with Gasteiger partial charge in [-0.15, -0.1) is 24.0 Å². The van der Waals surface area contributed by atoms with Gasteiger partial charge in [0.1, 0.15) is 11.9 Å². The second-order valence-corrected chi connectivity index (χ2v) is 6.50. The molecule has 0 heterocycles. The van der Waals surface area contributed by atoms with Crippen molar-refractivity contribution in [3.63, 3.8) is 0 Å². The number of ether oxygens (including phenoxy) is 2. The van der Waals surface area contributed by atoms with Crippen molar-refractivity contribution >= 4 is 29.9 Å². The molecule has 0 aliphatic heterocycles. The van der Waals surface area contributed by atoms with Crippen LogP contribution in [0.15, 0.2) is 53.5 Å². The summed E-state index contributed by atoms with van der Waals surface area (Å²) >= 11 is 0. The molecule has 1 atom stereocenters. The summed E-state index contributed by atoms with van der Waals surface area (Å²) in [5, 5.41) is 15.9. The average molecular weight is 513 g/mol. The molecule has 29 heavy (non-hydrogen) atoms. The fraction of sp³-hybridized carbons (Fsp3) is 0.409. The van der Waals surface area contributed by atoms with Crippen molar-refractivity contribution in [2.24, 2.45) is 4.99 Å². The van der Waals surface area contributed by atoms with E-state index in [1.54, 1.807) is 19.2 Å². The number of para-hydroxylation sites is 2. The van der Waals surface area contributed by atoms with Gasteiger partial charge in [-0.2, -0.15) is 0 Å². The van der Waals surface area contributed by atoms with Crippen molar-refractivity contribution in [1.82, 2.24) is 10.6 Å². The van der Waals surface area contributed by atoms with Gasteiger partial charge >= 0.3 is 0 Å². The summed E-state index contributed by atoms with van der Waals surface area (Å²) in [5.74, 6) is 2.52. The maximum atomic E-state index is 9.33. The number of aryl methyl sites for hydroxylation is 1. The van der Waals surface area contributed by atoms with Crippen LogP contribution in [0.4, 0.5) is 0 Å². The molecule has 0 aliphatic rings. The molecular formula is C22H32IN3O3. The largest absolute Gasteiger partial charge is 0.508 e. The Hall–Kier alpha value is -2.16.